The zero-order chi connectivity index (χ0) is 12.5. The van der Waals surface area contributed by atoms with Gasteiger partial charge in [-0.05, 0) is 37.1 Å². The van der Waals surface area contributed by atoms with E-state index in [9.17, 15) is 0 Å². The molecule has 0 atom stereocenters. The number of hydrogen-bond acceptors (Lipinski definition) is 2. The Labute approximate surface area is 104 Å². The lowest BCUT2D eigenvalue weighted by Gasteiger charge is -2.06. The SMILES string of the molecule is CCCNCC(=Cc1ccc(C#N)cc1)CC. The number of nitrogens with one attached hydrogen (secondary N) is 1. The Morgan fingerprint density at radius 3 is 2.53 bits per heavy atom. The molecule has 0 bridgehead atoms. The zero-order valence-electron chi connectivity index (χ0n) is 10.7. The summed E-state index contributed by atoms with van der Waals surface area (Å²) in [5.74, 6) is 0. The first-order chi connectivity index (χ1) is 8.30. The van der Waals surface area contributed by atoms with Crippen molar-refractivity contribution < 1.29 is 0 Å². The fraction of sp³-hybridized carbons (Fsp3) is 0.400. The van der Waals surface area contributed by atoms with E-state index in [2.05, 4.69) is 31.3 Å². The van der Waals surface area contributed by atoms with Gasteiger partial charge in [-0.3, -0.25) is 0 Å². The molecule has 1 rings (SSSR count). The molecule has 0 saturated carbocycles. The van der Waals surface area contributed by atoms with E-state index in [0.717, 1.165) is 25.9 Å². The molecule has 1 N–H and O–H groups in total. The van der Waals surface area contributed by atoms with Crippen LogP contribution in [0.3, 0.4) is 0 Å². The second-order valence-corrected chi connectivity index (χ2v) is 4.07. The van der Waals surface area contributed by atoms with Crippen LogP contribution in [0.5, 0.6) is 0 Å². The highest BCUT2D eigenvalue weighted by atomic mass is 14.8. The monoisotopic (exact) mass is 228 g/mol. The van der Waals surface area contributed by atoms with Gasteiger partial charge in [-0.25, -0.2) is 0 Å². The Hall–Kier alpha value is -1.59. The van der Waals surface area contributed by atoms with Crippen molar-refractivity contribution >= 4 is 6.08 Å². The first-order valence-electron chi connectivity index (χ1n) is 6.20. The van der Waals surface area contributed by atoms with E-state index >= 15 is 0 Å². The van der Waals surface area contributed by atoms with Crippen molar-refractivity contribution in [3.05, 3.63) is 41.0 Å². The smallest absolute Gasteiger partial charge is 0.0991 e. The normalized spacial score (nSPS) is 11.2. The molecule has 0 radical (unpaired) electrons. The van der Waals surface area contributed by atoms with Crippen LogP contribution < -0.4 is 5.32 Å². The number of rotatable bonds is 6. The van der Waals surface area contributed by atoms with Crippen LogP contribution >= 0.6 is 0 Å². The van der Waals surface area contributed by atoms with Gasteiger partial charge in [0.15, 0.2) is 0 Å². The van der Waals surface area contributed by atoms with Crippen molar-refractivity contribution in [1.82, 2.24) is 5.32 Å². The molecule has 0 fully saturated rings. The maximum absolute atomic E-state index is 8.72. The summed E-state index contributed by atoms with van der Waals surface area (Å²) in [5, 5.41) is 12.1. The largest absolute Gasteiger partial charge is 0.313 e. The molecule has 0 aliphatic heterocycles. The molecule has 1 aromatic rings. The van der Waals surface area contributed by atoms with Gasteiger partial charge < -0.3 is 5.32 Å². The Morgan fingerprint density at radius 2 is 2.00 bits per heavy atom. The Balaban J connectivity index is 2.66. The maximum Gasteiger partial charge on any atom is 0.0991 e. The third-order valence-corrected chi connectivity index (χ3v) is 2.64. The summed E-state index contributed by atoms with van der Waals surface area (Å²) in [7, 11) is 0. The number of benzene rings is 1. The topological polar surface area (TPSA) is 35.8 Å². The number of hydrogen-bond donors (Lipinski definition) is 1. The van der Waals surface area contributed by atoms with Gasteiger partial charge in [0.2, 0.25) is 0 Å². The van der Waals surface area contributed by atoms with Crippen molar-refractivity contribution in [3.63, 3.8) is 0 Å². The van der Waals surface area contributed by atoms with E-state index in [1.807, 2.05) is 24.3 Å². The van der Waals surface area contributed by atoms with Gasteiger partial charge in [0.25, 0.3) is 0 Å². The highest BCUT2D eigenvalue weighted by molar-refractivity contribution is 5.54. The molecule has 0 unspecified atom stereocenters. The average molecular weight is 228 g/mol. The van der Waals surface area contributed by atoms with Crippen LogP contribution in [0, 0.1) is 11.3 Å². The lowest BCUT2D eigenvalue weighted by molar-refractivity contribution is 0.706. The lowest BCUT2D eigenvalue weighted by Crippen LogP contribution is -2.17. The summed E-state index contributed by atoms with van der Waals surface area (Å²) >= 11 is 0. The van der Waals surface area contributed by atoms with E-state index in [0.29, 0.717) is 5.56 Å². The summed E-state index contributed by atoms with van der Waals surface area (Å²) < 4.78 is 0. The molecule has 90 valence electrons. The molecule has 0 amide bonds. The molecule has 17 heavy (non-hydrogen) atoms. The van der Waals surface area contributed by atoms with Crippen molar-refractivity contribution in [2.75, 3.05) is 13.1 Å². The minimum atomic E-state index is 0.712. The van der Waals surface area contributed by atoms with Gasteiger partial charge in [0.1, 0.15) is 0 Å². The highest BCUT2D eigenvalue weighted by Crippen LogP contribution is 2.10. The van der Waals surface area contributed by atoms with Crippen molar-refractivity contribution in [2.45, 2.75) is 26.7 Å². The standard InChI is InChI=1S/C15H20N2/c1-3-9-17-12-13(4-2)10-14-5-7-15(11-16)8-6-14/h5-8,10,17H,3-4,9,12H2,1-2H3. The van der Waals surface area contributed by atoms with Crippen LogP contribution in [0.2, 0.25) is 0 Å². The molecule has 2 nitrogen and oxygen atoms in total. The summed E-state index contributed by atoms with van der Waals surface area (Å²) in [6.07, 6.45) is 4.41. The molecular weight excluding hydrogens is 208 g/mol. The summed E-state index contributed by atoms with van der Waals surface area (Å²) in [5.41, 5.74) is 3.27. The van der Waals surface area contributed by atoms with Gasteiger partial charge in [-0.1, -0.05) is 37.6 Å². The molecule has 0 aliphatic carbocycles. The molecule has 0 spiro atoms. The van der Waals surface area contributed by atoms with E-state index in [-0.39, 0.29) is 0 Å². The van der Waals surface area contributed by atoms with Crippen LogP contribution in [0.15, 0.2) is 29.8 Å². The quantitative estimate of drug-likeness (QED) is 0.758. The fourth-order valence-electron chi connectivity index (χ4n) is 1.59. The molecule has 0 saturated heterocycles. The molecule has 0 aromatic heterocycles. The average Bonchev–Trinajstić information content (AvgIpc) is 2.38. The van der Waals surface area contributed by atoms with Gasteiger partial charge in [-0.2, -0.15) is 5.26 Å². The van der Waals surface area contributed by atoms with Crippen LogP contribution in [0.4, 0.5) is 0 Å². The maximum atomic E-state index is 8.72. The first kappa shape index (κ1) is 13.5. The van der Waals surface area contributed by atoms with Gasteiger partial charge in [-0.15, -0.1) is 0 Å². The predicted molar refractivity (Wildman–Crippen MR) is 72.6 cm³/mol. The van der Waals surface area contributed by atoms with E-state index < -0.39 is 0 Å². The third kappa shape index (κ3) is 4.84. The van der Waals surface area contributed by atoms with Crippen LogP contribution in [0.1, 0.15) is 37.8 Å². The van der Waals surface area contributed by atoms with E-state index in [4.69, 9.17) is 5.26 Å². The van der Waals surface area contributed by atoms with Crippen LogP contribution in [-0.2, 0) is 0 Å². The van der Waals surface area contributed by atoms with Crippen molar-refractivity contribution in [1.29, 1.82) is 5.26 Å². The summed E-state index contributed by atoms with van der Waals surface area (Å²) in [6.45, 7) is 6.35. The minimum absolute atomic E-state index is 0.712. The van der Waals surface area contributed by atoms with Crippen molar-refractivity contribution in [2.24, 2.45) is 0 Å². The van der Waals surface area contributed by atoms with Gasteiger partial charge in [0.05, 0.1) is 11.6 Å². The highest BCUT2D eigenvalue weighted by Gasteiger charge is 1.96. The molecular formula is C15H20N2. The van der Waals surface area contributed by atoms with Crippen LogP contribution in [0.25, 0.3) is 6.08 Å². The molecule has 1 aromatic carbocycles. The van der Waals surface area contributed by atoms with E-state index in [1.54, 1.807) is 0 Å². The van der Waals surface area contributed by atoms with Gasteiger partial charge >= 0.3 is 0 Å². The Morgan fingerprint density at radius 1 is 1.29 bits per heavy atom. The first-order valence-corrected chi connectivity index (χ1v) is 6.20. The third-order valence-electron chi connectivity index (χ3n) is 2.64. The number of nitriles is 1. The molecule has 0 heterocycles. The van der Waals surface area contributed by atoms with Gasteiger partial charge in [0, 0.05) is 6.54 Å². The van der Waals surface area contributed by atoms with E-state index in [1.165, 1.54) is 11.1 Å². The molecule has 2 heteroatoms. The Kier molecular flexibility index (Phi) is 6.06. The van der Waals surface area contributed by atoms with Crippen molar-refractivity contribution in [3.8, 4) is 6.07 Å². The molecule has 0 aliphatic rings. The fourth-order valence-corrected chi connectivity index (χ4v) is 1.59. The minimum Gasteiger partial charge on any atom is -0.313 e. The Bertz CT molecular complexity index is 396. The predicted octanol–water partition coefficient (Wildman–Crippen LogP) is 3.35. The second kappa shape index (κ2) is 7.65. The zero-order valence-corrected chi connectivity index (χ0v) is 10.7. The summed E-state index contributed by atoms with van der Waals surface area (Å²) in [6, 6.07) is 9.84. The number of nitrogens with zero attached hydrogens (tertiary/aromatic N) is 1. The van der Waals surface area contributed by atoms with Crippen LogP contribution in [-0.4, -0.2) is 13.1 Å². The summed E-state index contributed by atoms with van der Waals surface area (Å²) in [4.78, 5) is 0. The second-order valence-electron chi connectivity index (χ2n) is 4.07. The lowest BCUT2D eigenvalue weighted by atomic mass is 10.1.